The minimum atomic E-state index is -0.509. The van der Waals surface area contributed by atoms with Crippen LogP contribution in [0.5, 0.6) is 11.5 Å². The summed E-state index contributed by atoms with van der Waals surface area (Å²) in [7, 11) is 3.09. The Hall–Kier alpha value is -3.88. The average molecular weight is 425 g/mol. The third-order valence-electron chi connectivity index (χ3n) is 4.35. The number of benzene rings is 2. The molecule has 0 unspecified atom stereocenters. The predicted octanol–water partition coefficient (Wildman–Crippen LogP) is 2.55. The number of rotatable bonds is 10. The van der Waals surface area contributed by atoms with Crippen LogP contribution in [0.1, 0.15) is 17.9 Å². The molecule has 2 aromatic carbocycles. The Balaban J connectivity index is 1.44. The fourth-order valence-corrected chi connectivity index (χ4v) is 2.72. The zero-order valence-corrected chi connectivity index (χ0v) is 17.3. The van der Waals surface area contributed by atoms with Crippen LogP contribution < -0.4 is 14.8 Å². The number of methoxy groups -OCH3 is 2. The molecule has 0 fully saturated rings. The summed E-state index contributed by atoms with van der Waals surface area (Å²) in [6.07, 6.45) is 0.338. The Bertz CT molecular complexity index is 1020. The standard InChI is InChI=1S/C22H23N3O6/c1-28-17-9-8-16(12-18(17)29-2)22-24-20(31-25-22)11-10-19(26)23-13-21(27)30-14-15-6-4-3-5-7-15/h3-9,12H,10-11,13-14H2,1-2H3,(H,23,26). The van der Waals surface area contributed by atoms with Crippen molar-refractivity contribution in [2.75, 3.05) is 20.8 Å². The molecule has 9 heteroatoms. The topological polar surface area (TPSA) is 113 Å². The lowest BCUT2D eigenvalue weighted by molar-refractivity contribution is -0.145. The van der Waals surface area contributed by atoms with Crippen molar-refractivity contribution in [1.82, 2.24) is 15.5 Å². The third kappa shape index (κ3) is 6.30. The van der Waals surface area contributed by atoms with Gasteiger partial charge in [0.2, 0.25) is 17.6 Å². The van der Waals surface area contributed by atoms with Gasteiger partial charge < -0.3 is 24.1 Å². The summed E-state index contributed by atoms with van der Waals surface area (Å²) in [6.45, 7) is -0.0388. The molecule has 0 saturated carbocycles. The quantitative estimate of drug-likeness (QED) is 0.493. The van der Waals surface area contributed by atoms with E-state index >= 15 is 0 Å². The molecular formula is C22H23N3O6. The summed E-state index contributed by atoms with van der Waals surface area (Å²) in [6, 6.07) is 14.6. The van der Waals surface area contributed by atoms with E-state index in [0.717, 1.165) is 5.56 Å². The maximum Gasteiger partial charge on any atom is 0.325 e. The van der Waals surface area contributed by atoms with Crippen molar-refractivity contribution in [2.24, 2.45) is 0 Å². The second kappa shape index (κ2) is 10.8. The summed E-state index contributed by atoms with van der Waals surface area (Å²) in [4.78, 5) is 28.0. The molecule has 1 heterocycles. The Morgan fingerprint density at radius 1 is 1.03 bits per heavy atom. The van der Waals surface area contributed by atoms with Crippen LogP contribution in [0.4, 0.5) is 0 Å². The van der Waals surface area contributed by atoms with Crippen LogP contribution in [-0.2, 0) is 27.4 Å². The first kappa shape index (κ1) is 21.8. The zero-order valence-electron chi connectivity index (χ0n) is 17.3. The lowest BCUT2D eigenvalue weighted by atomic mass is 10.2. The van der Waals surface area contributed by atoms with E-state index < -0.39 is 5.97 Å². The van der Waals surface area contributed by atoms with Crippen molar-refractivity contribution < 1.29 is 28.3 Å². The minimum absolute atomic E-state index is 0.0968. The molecule has 9 nitrogen and oxygen atoms in total. The van der Waals surface area contributed by atoms with E-state index in [1.807, 2.05) is 30.3 Å². The van der Waals surface area contributed by atoms with Crippen molar-refractivity contribution in [3.63, 3.8) is 0 Å². The molecule has 162 valence electrons. The lowest BCUT2D eigenvalue weighted by Crippen LogP contribution is -2.30. The van der Waals surface area contributed by atoms with Gasteiger partial charge in [-0.15, -0.1) is 0 Å². The molecule has 0 atom stereocenters. The highest BCUT2D eigenvalue weighted by molar-refractivity contribution is 5.81. The summed E-state index contributed by atoms with van der Waals surface area (Å²) < 4.78 is 20.8. The van der Waals surface area contributed by atoms with Crippen LogP contribution in [0.2, 0.25) is 0 Å². The molecule has 0 spiro atoms. The van der Waals surface area contributed by atoms with Crippen molar-refractivity contribution in [1.29, 1.82) is 0 Å². The first-order valence-electron chi connectivity index (χ1n) is 9.60. The van der Waals surface area contributed by atoms with Gasteiger partial charge in [-0.2, -0.15) is 4.98 Å². The molecule has 1 N–H and O–H groups in total. The van der Waals surface area contributed by atoms with E-state index in [4.69, 9.17) is 18.7 Å². The highest BCUT2D eigenvalue weighted by atomic mass is 16.5. The number of ether oxygens (including phenoxy) is 3. The first-order chi connectivity index (χ1) is 15.1. The Morgan fingerprint density at radius 2 is 1.81 bits per heavy atom. The maximum atomic E-state index is 12.0. The highest BCUT2D eigenvalue weighted by Crippen LogP contribution is 2.31. The van der Waals surface area contributed by atoms with E-state index in [2.05, 4.69) is 15.5 Å². The molecule has 31 heavy (non-hydrogen) atoms. The van der Waals surface area contributed by atoms with Gasteiger partial charge in [-0.05, 0) is 23.8 Å². The third-order valence-corrected chi connectivity index (χ3v) is 4.35. The molecule has 0 bridgehead atoms. The van der Waals surface area contributed by atoms with Crippen LogP contribution in [0, 0.1) is 0 Å². The van der Waals surface area contributed by atoms with E-state index in [1.54, 1.807) is 32.4 Å². The number of esters is 1. The number of amides is 1. The fraction of sp³-hybridized carbons (Fsp3) is 0.273. The largest absolute Gasteiger partial charge is 0.493 e. The van der Waals surface area contributed by atoms with Crippen LogP contribution >= 0.6 is 0 Å². The summed E-state index contributed by atoms with van der Waals surface area (Å²) in [5.74, 6) is 1.000. The number of nitrogens with one attached hydrogen (secondary N) is 1. The van der Waals surface area contributed by atoms with Crippen LogP contribution in [0.15, 0.2) is 53.1 Å². The predicted molar refractivity (Wildman–Crippen MR) is 110 cm³/mol. The van der Waals surface area contributed by atoms with Gasteiger partial charge in [-0.3, -0.25) is 9.59 Å². The molecule has 3 aromatic rings. The van der Waals surface area contributed by atoms with Crippen molar-refractivity contribution in [3.05, 3.63) is 60.0 Å². The van der Waals surface area contributed by atoms with Crippen molar-refractivity contribution in [2.45, 2.75) is 19.4 Å². The second-order valence-corrected chi connectivity index (χ2v) is 6.50. The van der Waals surface area contributed by atoms with Crippen LogP contribution in [-0.4, -0.2) is 42.8 Å². The molecular weight excluding hydrogens is 402 g/mol. The van der Waals surface area contributed by atoms with E-state index in [1.165, 1.54) is 0 Å². The van der Waals surface area contributed by atoms with Gasteiger partial charge in [-0.25, -0.2) is 0 Å². The number of carbonyl (C=O) groups excluding carboxylic acids is 2. The number of hydrogen-bond donors (Lipinski definition) is 1. The molecule has 1 aromatic heterocycles. The first-order valence-corrected chi connectivity index (χ1v) is 9.60. The average Bonchev–Trinajstić information content (AvgIpc) is 3.29. The van der Waals surface area contributed by atoms with Crippen molar-refractivity contribution in [3.8, 4) is 22.9 Å². The van der Waals surface area contributed by atoms with Gasteiger partial charge in [0.25, 0.3) is 0 Å². The number of carbonyl (C=O) groups is 2. The molecule has 1 amide bonds. The van der Waals surface area contributed by atoms with E-state index in [9.17, 15) is 9.59 Å². The molecule has 0 aliphatic carbocycles. The monoisotopic (exact) mass is 425 g/mol. The summed E-state index contributed by atoms with van der Waals surface area (Å²) in [5, 5.41) is 6.46. The lowest BCUT2D eigenvalue weighted by Gasteiger charge is -2.07. The van der Waals surface area contributed by atoms with Gasteiger partial charge in [0.1, 0.15) is 13.2 Å². The minimum Gasteiger partial charge on any atom is -0.493 e. The van der Waals surface area contributed by atoms with E-state index in [-0.39, 0.29) is 31.9 Å². The number of aromatic nitrogens is 2. The molecule has 3 rings (SSSR count). The van der Waals surface area contributed by atoms with Crippen LogP contribution in [0.25, 0.3) is 11.4 Å². The molecule has 0 aliphatic heterocycles. The van der Waals surface area contributed by atoms with Gasteiger partial charge >= 0.3 is 5.97 Å². The molecule has 0 radical (unpaired) electrons. The number of aryl methyl sites for hydroxylation is 1. The SMILES string of the molecule is COc1ccc(-c2noc(CCC(=O)NCC(=O)OCc3ccccc3)n2)cc1OC. The van der Waals surface area contributed by atoms with Gasteiger partial charge in [-0.1, -0.05) is 35.5 Å². The maximum absolute atomic E-state index is 12.0. The van der Waals surface area contributed by atoms with E-state index in [0.29, 0.717) is 28.8 Å². The number of nitrogens with zero attached hydrogens (tertiary/aromatic N) is 2. The van der Waals surface area contributed by atoms with Gasteiger partial charge in [0.05, 0.1) is 14.2 Å². The molecule has 0 saturated heterocycles. The summed E-state index contributed by atoms with van der Waals surface area (Å²) in [5.41, 5.74) is 1.57. The highest BCUT2D eigenvalue weighted by Gasteiger charge is 2.14. The van der Waals surface area contributed by atoms with Gasteiger partial charge in [0.15, 0.2) is 11.5 Å². The summed E-state index contributed by atoms with van der Waals surface area (Å²) >= 11 is 0. The Morgan fingerprint density at radius 3 is 2.55 bits per heavy atom. The Labute approximate surface area is 179 Å². The van der Waals surface area contributed by atoms with Gasteiger partial charge in [0, 0.05) is 18.4 Å². The second-order valence-electron chi connectivity index (χ2n) is 6.50. The van der Waals surface area contributed by atoms with Crippen molar-refractivity contribution >= 4 is 11.9 Å². The Kier molecular flexibility index (Phi) is 7.58. The van der Waals surface area contributed by atoms with Crippen LogP contribution in [0.3, 0.4) is 0 Å². The number of hydrogen-bond acceptors (Lipinski definition) is 8. The normalized spacial score (nSPS) is 10.4. The fourth-order valence-electron chi connectivity index (χ4n) is 2.72. The smallest absolute Gasteiger partial charge is 0.325 e. The molecule has 0 aliphatic rings. The zero-order chi connectivity index (χ0) is 22.1.